The fourth-order valence-corrected chi connectivity index (χ4v) is 2.79. The summed E-state index contributed by atoms with van der Waals surface area (Å²) in [7, 11) is 0. The van der Waals surface area contributed by atoms with E-state index in [1.165, 1.54) is 23.3 Å². The Kier molecular flexibility index (Phi) is 3.33. The van der Waals surface area contributed by atoms with Crippen LogP contribution in [0.15, 0.2) is 36.4 Å². The smallest absolute Gasteiger partial charge is 0.292 e. The van der Waals surface area contributed by atoms with E-state index in [2.05, 4.69) is 6.07 Å². The fourth-order valence-electron chi connectivity index (χ4n) is 2.79. The van der Waals surface area contributed by atoms with E-state index in [1.807, 2.05) is 24.0 Å². The Morgan fingerprint density at radius 2 is 2.00 bits per heavy atom. The molecule has 0 aromatic heterocycles. The molecule has 0 unspecified atom stereocenters. The summed E-state index contributed by atoms with van der Waals surface area (Å²) < 4.78 is 13.5. The molecule has 3 rings (SSSR count). The van der Waals surface area contributed by atoms with Crippen molar-refractivity contribution in [2.75, 3.05) is 11.4 Å². The number of rotatable bonds is 2. The largest absolute Gasteiger partial charge is 0.361 e. The minimum atomic E-state index is -0.459. The number of nitrogens with zero attached hydrogens (tertiary/aromatic N) is 2. The third-order valence-electron chi connectivity index (χ3n) is 3.85. The van der Waals surface area contributed by atoms with Gasteiger partial charge in [-0.3, -0.25) is 10.1 Å². The number of hydrogen-bond acceptors (Lipinski definition) is 3. The van der Waals surface area contributed by atoms with Crippen LogP contribution in [-0.2, 0) is 13.0 Å². The highest BCUT2D eigenvalue weighted by atomic mass is 19.1. The Labute approximate surface area is 122 Å². The normalized spacial score (nSPS) is 13.9. The highest BCUT2D eigenvalue weighted by molar-refractivity contribution is 5.64. The molecule has 0 saturated heterocycles. The minimum Gasteiger partial charge on any atom is -0.361 e. The zero-order chi connectivity index (χ0) is 15.0. The molecular formula is C16H15FN2O2. The van der Waals surface area contributed by atoms with E-state index in [0.29, 0.717) is 18.8 Å². The highest BCUT2D eigenvalue weighted by Crippen LogP contribution is 2.32. The molecule has 0 amide bonds. The van der Waals surface area contributed by atoms with Crippen LogP contribution < -0.4 is 4.90 Å². The Balaban J connectivity index is 1.98. The predicted molar refractivity (Wildman–Crippen MR) is 79.0 cm³/mol. The van der Waals surface area contributed by atoms with Crippen LogP contribution >= 0.6 is 0 Å². The first kappa shape index (κ1) is 13.5. The summed E-state index contributed by atoms with van der Waals surface area (Å²) >= 11 is 0. The summed E-state index contributed by atoms with van der Waals surface area (Å²) in [5.41, 5.74) is 3.92. The van der Waals surface area contributed by atoms with E-state index >= 15 is 0 Å². The van der Waals surface area contributed by atoms with Gasteiger partial charge in [0.05, 0.1) is 4.92 Å². The van der Waals surface area contributed by atoms with E-state index in [0.717, 1.165) is 18.1 Å². The fraction of sp³-hybridized carbons (Fsp3) is 0.250. The molecule has 0 bridgehead atoms. The maximum Gasteiger partial charge on any atom is 0.292 e. The topological polar surface area (TPSA) is 46.4 Å². The van der Waals surface area contributed by atoms with Crippen LogP contribution in [0, 0.1) is 22.9 Å². The molecular weight excluding hydrogens is 271 g/mol. The van der Waals surface area contributed by atoms with Crippen molar-refractivity contribution in [1.82, 2.24) is 0 Å². The summed E-state index contributed by atoms with van der Waals surface area (Å²) in [6.07, 6.45) is 0.810. The quantitative estimate of drug-likeness (QED) is 0.626. The van der Waals surface area contributed by atoms with Gasteiger partial charge in [0.25, 0.3) is 5.69 Å². The molecule has 5 heteroatoms. The second kappa shape index (κ2) is 5.16. The first-order valence-electron chi connectivity index (χ1n) is 6.82. The van der Waals surface area contributed by atoms with Gasteiger partial charge in [0.2, 0.25) is 0 Å². The molecule has 0 fully saturated rings. The van der Waals surface area contributed by atoms with Gasteiger partial charge < -0.3 is 4.90 Å². The van der Waals surface area contributed by atoms with E-state index in [9.17, 15) is 14.5 Å². The van der Waals surface area contributed by atoms with Crippen LogP contribution in [0.5, 0.6) is 0 Å². The maximum atomic E-state index is 13.5. The van der Waals surface area contributed by atoms with Gasteiger partial charge in [0.1, 0.15) is 11.5 Å². The number of anilines is 1. The predicted octanol–water partition coefficient (Wildman–Crippen LogP) is 3.61. The zero-order valence-corrected chi connectivity index (χ0v) is 11.7. The second-order valence-corrected chi connectivity index (χ2v) is 5.33. The number of halogens is 1. The number of nitro groups is 1. The summed E-state index contributed by atoms with van der Waals surface area (Å²) in [6.45, 7) is 3.27. The van der Waals surface area contributed by atoms with Gasteiger partial charge in [-0.05, 0) is 30.5 Å². The number of fused-ring (bicyclic) bond motifs is 1. The van der Waals surface area contributed by atoms with Gasteiger partial charge in [-0.25, -0.2) is 4.39 Å². The molecule has 1 aliphatic heterocycles. The maximum absolute atomic E-state index is 13.5. The molecule has 1 heterocycles. The van der Waals surface area contributed by atoms with Gasteiger partial charge in [-0.15, -0.1) is 0 Å². The molecule has 2 aromatic rings. The van der Waals surface area contributed by atoms with Crippen LogP contribution in [0.25, 0.3) is 0 Å². The lowest BCUT2D eigenvalue weighted by Crippen LogP contribution is -2.31. The number of benzene rings is 2. The van der Waals surface area contributed by atoms with Crippen molar-refractivity contribution < 1.29 is 9.31 Å². The van der Waals surface area contributed by atoms with Gasteiger partial charge in [-0.1, -0.05) is 23.8 Å². The van der Waals surface area contributed by atoms with Crippen molar-refractivity contribution in [2.24, 2.45) is 0 Å². The van der Waals surface area contributed by atoms with Crippen molar-refractivity contribution in [3.05, 3.63) is 69.0 Å². The average molecular weight is 286 g/mol. The SMILES string of the molecule is Cc1ccc2c(c1)CCN(c1cc(F)ccc1[N+](=O)[O-])C2. The van der Waals surface area contributed by atoms with Gasteiger partial charge in [0.15, 0.2) is 0 Å². The van der Waals surface area contributed by atoms with Crippen molar-refractivity contribution in [1.29, 1.82) is 0 Å². The molecule has 108 valence electrons. The molecule has 0 atom stereocenters. The van der Waals surface area contributed by atoms with Crippen LogP contribution in [0.4, 0.5) is 15.8 Å². The van der Waals surface area contributed by atoms with Crippen LogP contribution in [0.1, 0.15) is 16.7 Å². The Hall–Kier alpha value is -2.43. The zero-order valence-electron chi connectivity index (χ0n) is 11.7. The standard InChI is InChI=1S/C16H15FN2O2/c1-11-2-3-13-10-18(7-6-12(13)8-11)16-9-14(17)4-5-15(16)19(20)21/h2-5,8-9H,6-7,10H2,1H3. The molecule has 0 saturated carbocycles. The summed E-state index contributed by atoms with van der Waals surface area (Å²) in [5, 5.41) is 11.1. The summed E-state index contributed by atoms with van der Waals surface area (Å²) in [4.78, 5) is 12.5. The summed E-state index contributed by atoms with van der Waals surface area (Å²) in [6, 6.07) is 9.83. The van der Waals surface area contributed by atoms with Crippen molar-refractivity contribution in [3.63, 3.8) is 0 Å². The minimum absolute atomic E-state index is 0.0491. The van der Waals surface area contributed by atoms with Crippen molar-refractivity contribution in [3.8, 4) is 0 Å². The average Bonchev–Trinajstić information content (AvgIpc) is 2.46. The van der Waals surface area contributed by atoms with E-state index in [4.69, 9.17) is 0 Å². The molecule has 1 aliphatic rings. The molecule has 0 radical (unpaired) electrons. The lowest BCUT2D eigenvalue weighted by molar-refractivity contribution is -0.384. The third kappa shape index (κ3) is 2.59. The Morgan fingerprint density at radius 3 is 2.76 bits per heavy atom. The first-order chi connectivity index (χ1) is 10.0. The number of nitro benzene ring substituents is 1. The van der Waals surface area contributed by atoms with Gasteiger partial charge in [0, 0.05) is 25.2 Å². The highest BCUT2D eigenvalue weighted by Gasteiger charge is 2.24. The van der Waals surface area contributed by atoms with E-state index < -0.39 is 10.7 Å². The summed E-state index contributed by atoms with van der Waals surface area (Å²) in [5.74, 6) is -0.453. The second-order valence-electron chi connectivity index (χ2n) is 5.33. The van der Waals surface area contributed by atoms with Crippen molar-refractivity contribution >= 4 is 11.4 Å². The van der Waals surface area contributed by atoms with Crippen LogP contribution in [0.2, 0.25) is 0 Å². The number of aryl methyl sites for hydroxylation is 1. The van der Waals surface area contributed by atoms with Crippen LogP contribution in [0.3, 0.4) is 0 Å². The monoisotopic (exact) mass is 286 g/mol. The number of hydrogen-bond donors (Lipinski definition) is 0. The molecule has 4 nitrogen and oxygen atoms in total. The Morgan fingerprint density at radius 1 is 1.19 bits per heavy atom. The molecule has 21 heavy (non-hydrogen) atoms. The molecule has 0 spiro atoms. The molecule has 2 aromatic carbocycles. The lowest BCUT2D eigenvalue weighted by atomic mass is 9.97. The van der Waals surface area contributed by atoms with Crippen LogP contribution in [-0.4, -0.2) is 11.5 Å². The molecule has 0 N–H and O–H groups in total. The first-order valence-corrected chi connectivity index (χ1v) is 6.82. The molecule has 0 aliphatic carbocycles. The van der Waals surface area contributed by atoms with E-state index in [1.54, 1.807) is 0 Å². The Bertz CT molecular complexity index is 715. The van der Waals surface area contributed by atoms with Crippen molar-refractivity contribution in [2.45, 2.75) is 19.9 Å². The third-order valence-corrected chi connectivity index (χ3v) is 3.85. The lowest BCUT2D eigenvalue weighted by Gasteiger charge is -2.30. The van der Waals surface area contributed by atoms with E-state index in [-0.39, 0.29) is 5.69 Å². The van der Waals surface area contributed by atoms with Gasteiger partial charge >= 0.3 is 0 Å². The van der Waals surface area contributed by atoms with Gasteiger partial charge in [-0.2, -0.15) is 0 Å².